The van der Waals surface area contributed by atoms with Crippen molar-refractivity contribution in [1.82, 2.24) is 15.6 Å². The molecule has 1 heterocycles. The van der Waals surface area contributed by atoms with Gasteiger partial charge in [-0.25, -0.2) is 5.43 Å². The fourth-order valence-corrected chi connectivity index (χ4v) is 2.47. The van der Waals surface area contributed by atoms with E-state index < -0.39 is 5.91 Å². The van der Waals surface area contributed by atoms with Crippen molar-refractivity contribution >= 4 is 12.1 Å². The molecule has 0 atom stereocenters. The molecule has 0 saturated carbocycles. The van der Waals surface area contributed by atoms with Crippen molar-refractivity contribution in [1.29, 1.82) is 0 Å². The number of carbonyl (C=O) groups excluding carboxylic acids is 1. The molecular weight excluding hydrogens is 360 g/mol. The Labute approximate surface area is 161 Å². The van der Waals surface area contributed by atoms with Gasteiger partial charge in [0.05, 0.1) is 25.6 Å². The van der Waals surface area contributed by atoms with Crippen molar-refractivity contribution in [2.45, 2.75) is 6.92 Å². The van der Waals surface area contributed by atoms with E-state index in [1.54, 1.807) is 18.2 Å². The Morgan fingerprint density at radius 3 is 2.75 bits per heavy atom. The van der Waals surface area contributed by atoms with Crippen molar-refractivity contribution in [2.24, 2.45) is 5.10 Å². The monoisotopic (exact) mass is 380 g/mol. The van der Waals surface area contributed by atoms with E-state index in [4.69, 9.17) is 9.47 Å². The normalized spacial score (nSPS) is 10.8. The van der Waals surface area contributed by atoms with Crippen LogP contribution in [-0.4, -0.2) is 41.1 Å². The number of hydrazone groups is 1. The number of phenols is 1. The molecule has 144 valence electrons. The second-order valence-electron chi connectivity index (χ2n) is 5.75. The third kappa shape index (κ3) is 4.47. The number of H-pyrrole nitrogens is 1. The molecule has 8 heteroatoms. The summed E-state index contributed by atoms with van der Waals surface area (Å²) in [5.41, 5.74) is 4.87. The number of rotatable bonds is 7. The van der Waals surface area contributed by atoms with E-state index in [2.05, 4.69) is 20.7 Å². The van der Waals surface area contributed by atoms with Gasteiger partial charge in [0, 0.05) is 5.56 Å². The van der Waals surface area contributed by atoms with Crippen molar-refractivity contribution in [3.8, 4) is 28.5 Å². The lowest BCUT2D eigenvalue weighted by Gasteiger charge is -2.03. The van der Waals surface area contributed by atoms with E-state index in [1.807, 2.05) is 31.2 Å². The molecular formula is C20H20N4O4. The number of amides is 1. The molecule has 0 unspecified atom stereocenters. The molecule has 8 nitrogen and oxygen atoms in total. The molecule has 1 amide bonds. The van der Waals surface area contributed by atoms with Crippen LogP contribution in [0.4, 0.5) is 0 Å². The second kappa shape index (κ2) is 8.72. The molecule has 0 aliphatic carbocycles. The number of benzene rings is 2. The quantitative estimate of drug-likeness (QED) is 0.431. The zero-order valence-electron chi connectivity index (χ0n) is 15.5. The van der Waals surface area contributed by atoms with Gasteiger partial charge >= 0.3 is 0 Å². The van der Waals surface area contributed by atoms with Crippen LogP contribution in [-0.2, 0) is 0 Å². The summed E-state index contributed by atoms with van der Waals surface area (Å²) in [6, 6.07) is 13.8. The summed E-state index contributed by atoms with van der Waals surface area (Å²) >= 11 is 0. The van der Waals surface area contributed by atoms with E-state index in [9.17, 15) is 9.90 Å². The zero-order valence-corrected chi connectivity index (χ0v) is 15.5. The van der Waals surface area contributed by atoms with Gasteiger partial charge < -0.3 is 14.6 Å². The highest BCUT2D eigenvalue weighted by molar-refractivity contribution is 5.94. The van der Waals surface area contributed by atoms with Crippen molar-refractivity contribution in [3.05, 3.63) is 59.8 Å². The van der Waals surface area contributed by atoms with E-state index in [0.717, 1.165) is 11.3 Å². The van der Waals surface area contributed by atoms with Crippen molar-refractivity contribution in [3.63, 3.8) is 0 Å². The fourth-order valence-electron chi connectivity index (χ4n) is 2.47. The van der Waals surface area contributed by atoms with Crippen LogP contribution in [0.1, 0.15) is 23.0 Å². The number of aromatic amines is 1. The van der Waals surface area contributed by atoms with Gasteiger partial charge in [-0.2, -0.15) is 10.2 Å². The molecule has 3 N–H and O–H groups in total. The van der Waals surface area contributed by atoms with E-state index in [0.29, 0.717) is 23.6 Å². The Kier molecular flexibility index (Phi) is 5.91. The van der Waals surface area contributed by atoms with Gasteiger partial charge in [0.2, 0.25) is 0 Å². The Morgan fingerprint density at radius 1 is 1.25 bits per heavy atom. The summed E-state index contributed by atoms with van der Waals surface area (Å²) in [5, 5.41) is 20.3. The summed E-state index contributed by atoms with van der Waals surface area (Å²) in [5.74, 6) is 0.707. The van der Waals surface area contributed by atoms with Gasteiger partial charge in [-0.15, -0.1) is 0 Å². The number of carbonyl (C=O) groups is 1. The van der Waals surface area contributed by atoms with E-state index in [-0.39, 0.29) is 11.4 Å². The molecule has 0 bridgehead atoms. The summed E-state index contributed by atoms with van der Waals surface area (Å²) in [7, 11) is 1.46. The largest absolute Gasteiger partial charge is 0.504 e. The van der Waals surface area contributed by atoms with Crippen molar-refractivity contribution < 1.29 is 19.4 Å². The number of hydrogen-bond donors (Lipinski definition) is 3. The SMILES string of the molecule is CCOc1ccc(-c2cc(C(=O)N/N=C/c3ccc(O)c(OC)c3)[nH]n2)cc1. The average Bonchev–Trinajstić information content (AvgIpc) is 3.20. The Bertz CT molecular complexity index is 980. The Morgan fingerprint density at radius 2 is 2.04 bits per heavy atom. The van der Waals surface area contributed by atoms with E-state index in [1.165, 1.54) is 19.4 Å². The first-order valence-corrected chi connectivity index (χ1v) is 8.59. The third-order valence-corrected chi connectivity index (χ3v) is 3.87. The van der Waals surface area contributed by atoms with Crippen LogP contribution in [0, 0.1) is 0 Å². The minimum absolute atomic E-state index is 0.0305. The lowest BCUT2D eigenvalue weighted by atomic mass is 10.1. The average molecular weight is 380 g/mol. The van der Waals surface area contributed by atoms with Gasteiger partial charge in [-0.3, -0.25) is 9.89 Å². The van der Waals surface area contributed by atoms with Gasteiger partial charge in [-0.1, -0.05) is 0 Å². The smallest absolute Gasteiger partial charge is 0.289 e. The first kappa shape index (κ1) is 19.0. The van der Waals surface area contributed by atoms with Gasteiger partial charge in [0.15, 0.2) is 11.5 Å². The van der Waals surface area contributed by atoms with Gasteiger partial charge in [0.1, 0.15) is 11.4 Å². The molecule has 3 aromatic rings. The Balaban J connectivity index is 1.64. The van der Waals surface area contributed by atoms with Crippen LogP contribution in [0.25, 0.3) is 11.3 Å². The summed E-state index contributed by atoms with van der Waals surface area (Å²) < 4.78 is 10.4. The predicted octanol–water partition coefficient (Wildman–Crippen LogP) is 2.95. The molecule has 0 aliphatic rings. The number of nitrogens with one attached hydrogen (secondary N) is 2. The number of hydrogen-bond acceptors (Lipinski definition) is 6. The van der Waals surface area contributed by atoms with Crippen LogP contribution in [0.2, 0.25) is 0 Å². The highest BCUT2D eigenvalue weighted by atomic mass is 16.5. The van der Waals surface area contributed by atoms with Crippen molar-refractivity contribution in [2.75, 3.05) is 13.7 Å². The minimum atomic E-state index is -0.424. The number of phenolic OH excluding ortho intramolecular Hbond substituents is 1. The standard InChI is InChI=1S/C20H20N4O4/c1-3-28-15-7-5-14(6-8-15)16-11-17(23-22-16)20(26)24-21-12-13-4-9-18(25)19(10-13)27-2/h4-12,25H,3H2,1-2H3,(H,22,23)(H,24,26)/b21-12+. The van der Waals surface area contributed by atoms with Gasteiger partial charge in [0.25, 0.3) is 5.91 Å². The van der Waals surface area contributed by atoms with Crippen LogP contribution in [0.5, 0.6) is 17.2 Å². The molecule has 0 fully saturated rings. The molecule has 2 aromatic carbocycles. The maximum atomic E-state index is 12.2. The number of methoxy groups -OCH3 is 1. The fraction of sp³-hybridized carbons (Fsp3) is 0.150. The molecule has 0 saturated heterocycles. The van der Waals surface area contributed by atoms with Crippen LogP contribution >= 0.6 is 0 Å². The van der Waals surface area contributed by atoms with Crippen LogP contribution < -0.4 is 14.9 Å². The number of nitrogens with zero attached hydrogens (tertiary/aromatic N) is 2. The first-order valence-electron chi connectivity index (χ1n) is 8.59. The molecule has 1 aromatic heterocycles. The highest BCUT2D eigenvalue weighted by Crippen LogP contribution is 2.25. The topological polar surface area (TPSA) is 109 Å². The molecule has 3 rings (SSSR count). The lowest BCUT2D eigenvalue weighted by molar-refractivity contribution is 0.0950. The number of ether oxygens (including phenoxy) is 2. The Hall–Kier alpha value is -3.81. The van der Waals surface area contributed by atoms with E-state index >= 15 is 0 Å². The maximum absolute atomic E-state index is 12.2. The lowest BCUT2D eigenvalue weighted by Crippen LogP contribution is -2.18. The second-order valence-corrected chi connectivity index (χ2v) is 5.75. The van der Waals surface area contributed by atoms with Crippen LogP contribution in [0.3, 0.4) is 0 Å². The molecule has 0 aliphatic heterocycles. The number of aromatic nitrogens is 2. The predicted molar refractivity (Wildman–Crippen MR) is 105 cm³/mol. The highest BCUT2D eigenvalue weighted by Gasteiger charge is 2.10. The van der Waals surface area contributed by atoms with Crippen LogP contribution in [0.15, 0.2) is 53.6 Å². The summed E-state index contributed by atoms with van der Waals surface area (Å²) in [6.07, 6.45) is 1.45. The molecule has 0 spiro atoms. The summed E-state index contributed by atoms with van der Waals surface area (Å²) in [6.45, 7) is 2.52. The zero-order chi connectivity index (χ0) is 19.9. The molecule has 0 radical (unpaired) electrons. The first-order chi connectivity index (χ1) is 13.6. The molecule has 28 heavy (non-hydrogen) atoms. The minimum Gasteiger partial charge on any atom is -0.504 e. The van der Waals surface area contributed by atoms with Gasteiger partial charge in [-0.05, 0) is 61.0 Å². The third-order valence-electron chi connectivity index (χ3n) is 3.87. The summed E-state index contributed by atoms with van der Waals surface area (Å²) in [4.78, 5) is 12.2. The number of aromatic hydroxyl groups is 1. The maximum Gasteiger partial charge on any atom is 0.289 e.